The molecule has 2 heteroatoms. The van der Waals surface area contributed by atoms with Gasteiger partial charge in [-0.25, -0.2) is 0 Å². The van der Waals surface area contributed by atoms with E-state index in [4.69, 9.17) is 10.2 Å². The molecule has 0 bridgehead atoms. The van der Waals surface area contributed by atoms with Crippen LogP contribution in [0.15, 0.2) is 46.9 Å². The summed E-state index contributed by atoms with van der Waals surface area (Å²) in [6.45, 7) is 0.379. The molecule has 0 saturated heterocycles. The molecule has 17 heavy (non-hydrogen) atoms. The van der Waals surface area contributed by atoms with Crippen molar-refractivity contribution < 1.29 is 4.42 Å². The smallest absolute Gasteiger partial charge is 0.135 e. The highest BCUT2D eigenvalue weighted by molar-refractivity contribution is 6.05. The van der Waals surface area contributed by atoms with Crippen molar-refractivity contribution >= 4 is 21.9 Å². The molecule has 3 aromatic rings. The maximum absolute atomic E-state index is 5.74. The minimum Gasteiger partial charge on any atom is -0.456 e. The van der Waals surface area contributed by atoms with Crippen molar-refractivity contribution in [1.82, 2.24) is 0 Å². The number of hydrogen-bond donors (Lipinski definition) is 1. The highest BCUT2D eigenvalue weighted by atomic mass is 16.3. The van der Waals surface area contributed by atoms with Gasteiger partial charge in [0.15, 0.2) is 0 Å². The Balaban J connectivity index is 2.30. The SMILES string of the molecule is NCC#Cc1ccc2oc3ccccc3c2c1. The van der Waals surface area contributed by atoms with E-state index in [9.17, 15) is 0 Å². The van der Waals surface area contributed by atoms with Crippen LogP contribution in [0.5, 0.6) is 0 Å². The number of nitrogens with two attached hydrogens (primary N) is 1. The summed E-state index contributed by atoms with van der Waals surface area (Å²) < 4.78 is 5.74. The Bertz CT molecular complexity index is 744. The average Bonchev–Trinajstić information content (AvgIpc) is 2.74. The van der Waals surface area contributed by atoms with Crippen LogP contribution in [0, 0.1) is 11.8 Å². The van der Waals surface area contributed by atoms with E-state index in [1.807, 2.05) is 36.4 Å². The summed E-state index contributed by atoms with van der Waals surface area (Å²) in [6, 6.07) is 14.0. The van der Waals surface area contributed by atoms with Crippen molar-refractivity contribution in [2.75, 3.05) is 6.54 Å². The van der Waals surface area contributed by atoms with Crippen LogP contribution in [0.25, 0.3) is 21.9 Å². The molecule has 0 amide bonds. The van der Waals surface area contributed by atoms with Crippen molar-refractivity contribution in [2.45, 2.75) is 0 Å². The average molecular weight is 221 g/mol. The second-order valence-electron chi connectivity index (χ2n) is 3.82. The molecule has 2 aromatic carbocycles. The van der Waals surface area contributed by atoms with Gasteiger partial charge in [-0.05, 0) is 24.3 Å². The lowest BCUT2D eigenvalue weighted by atomic mass is 10.1. The Hall–Kier alpha value is -2.24. The molecule has 0 aliphatic heterocycles. The summed E-state index contributed by atoms with van der Waals surface area (Å²) in [5, 5.41) is 2.23. The number of para-hydroxylation sites is 1. The van der Waals surface area contributed by atoms with E-state index in [0.29, 0.717) is 6.54 Å². The van der Waals surface area contributed by atoms with Gasteiger partial charge in [-0.15, -0.1) is 0 Å². The van der Waals surface area contributed by atoms with Gasteiger partial charge in [0.05, 0.1) is 6.54 Å². The van der Waals surface area contributed by atoms with E-state index in [1.165, 1.54) is 0 Å². The lowest BCUT2D eigenvalue weighted by molar-refractivity contribution is 0.669. The predicted molar refractivity (Wildman–Crippen MR) is 69.7 cm³/mol. The summed E-state index contributed by atoms with van der Waals surface area (Å²) >= 11 is 0. The molecule has 0 atom stereocenters. The van der Waals surface area contributed by atoms with E-state index < -0.39 is 0 Å². The number of furan rings is 1. The highest BCUT2D eigenvalue weighted by Gasteiger charge is 2.05. The van der Waals surface area contributed by atoms with E-state index in [0.717, 1.165) is 27.5 Å². The summed E-state index contributed by atoms with van der Waals surface area (Å²) in [5.41, 5.74) is 8.14. The summed E-state index contributed by atoms with van der Waals surface area (Å²) in [5.74, 6) is 5.89. The molecule has 1 heterocycles. The lowest BCUT2D eigenvalue weighted by Gasteiger charge is -1.91. The van der Waals surface area contributed by atoms with Crippen LogP contribution < -0.4 is 5.73 Å². The van der Waals surface area contributed by atoms with Gasteiger partial charge >= 0.3 is 0 Å². The molecule has 0 spiro atoms. The largest absolute Gasteiger partial charge is 0.456 e. The van der Waals surface area contributed by atoms with Crippen molar-refractivity contribution in [3.8, 4) is 11.8 Å². The Morgan fingerprint density at radius 1 is 1.00 bits per heavy atom. The molecule has 0 unspecified atom stereocenters. The maximum Gasteiger partial charge on any atom is 0.135 e. The van der Waals surface area contributed by atoms with E-state index in [-0.39, 0.29) is 0 Å². The molecule has 0 fully saturated rings. The van der Waals surface area contributed by atoms with Gasteiger partial charge in [0.1, 0.15) is 11.2 Å². The number of benzene rings is 2. The van der Waals surface area contributed by atoms with Crippen molar-refractivity contribution in [1.29, 1.82) is 0 Å². The second-order valence-corrected chi connectivity index (χ2v) is 3.82. The fourth-order valence-electron chi connectivity index (χ4n) is 1.96. The first kappa shape index (κ1) is 9.95. The Kier molecular flexibility index (Phi) is 2.32. The van der Waals surface area contributed by atoms with Crippen LogP contribution in [0.3, 0.4) is 0 Å². The van der Waals surface area contributed by atoms with Crippen molar-refractivity contribution in [3.05, 3.63) is 48.0 Å². The van der Waals surface area contributed by atoms with Crippen LogP contribution in [0.4, 0.5) is 0 Å². The molecule has 1 aromatic heterocycles. The zero-order chi connectivity index (χ0) is 11.7. The van der Waals surface area contributed by atoms with Gasteiger partial charge < -0.3 is 10.2 Å². The fourth-order valence-corrected chi connectivity index (χ4v) is 1.96. The standard InChI is InChI=1S/C15H11NO/c16-9-3-4-11-7-8-15-13(10-11)12-5-1-2-6-14(12)17-15/h1-2,5-8,10H,9,16H2. The normalized spacial score (nSPS) is 10.4. The minimum atomic E-state index is 0.379. The Morgan fingerprint density at radius 3 is 2.71 bits per heavy atom. The highest BCUT2D eigenvalue weighted by Crippen LogP contribution is 2.28. The van der Waals surface area contributed by atoms with Crippen LogP contribution in [-0.2, 0) is 0 Å². The topological polar surface area (TPSA) is 39.2 Å². The third-order valence-corrected chi connectivity index (χ3v) is 2.71. The molecule has 0 saturated carbocycles. The summed E-state index contributed by atoms with van der Waals surface area (Å²) in [4.78, 5) is 0. The fraction of sp³-hybridized carbons (Fsp3) is 0.0667. The van der Waals surface area contributed by atoms with Gasteiger partial charge in [-0.3, -0.25) is 0 Å². The third kappa shape index (κ3) is 1.67. The quantitative estimate of drug-likeness (QED) is 0.593. The zero-order valence-corrected chi connectivity index (χ0v) is 9.23. The van der Waals surface area contributed by atoms with E-state index >= 15 is 0 Å². The zero-order valence-electron chi connectivity index (χ0n) is 9.23. The van der Waals surface area contributed by atoms with Gasteiger partial charge in [-0.1, -0.05) is 30.0 Å². The molecule has 82 valence electrons. The van der Waals surface area contributed by atoms with Gasteiger partial charge in [0.25, 0.3) is 0 Å². The molecular weight excluding hydrogens is 210 g/mol. The van der Waals surface area contributed by atoms with E-state index in [2.05, 4.69) is 17.9 Å². The van der Waals surface area contributed by atoms with E-state index in [1.54, 1.807) is 0 Å². The second kappa shape index (κ2) is 3.97. The molecule has 0 aliphatic carbocycles. The molecule has 0 radical (unpaired) electrons. The van der Waals surface area contributed by atoms with Crippen LogP contribution in [0.1, 0.15) is 5.56 Å². The first-order valence-electron chi connectivity index (χ1n) is 5.49. The summed E-state index contributed by atoms with van der Waals surface area (Å²) in [6.07, 6.45) is 0. The summed E-state index contributed by atoms with van der Waals surface area (Å²) in [7, 11) is 0. The van der Waals surface area contributed by atoms with Crippen molar-refractivity contribution in [2.24, 2.45) is 5.73 Å². The number of fused-ring (bicyclic) bond motifs is 3. The molecule has 2 nitrogen and oxygen atoms in total. The maximum atomic E-state index is 5.74. The number of rotatable bonds is 0. The molecule has 0 aliphatic rings. The monoisotopic (exact) mass is 221 g/mol. The van der Waals surface area contributed by atoms with Gasteiger partial charge in [0, 0.05) is 16.3 Å². The van der Waals surface area contributed by atoms with Gasteiger partial charge in [-0.2, -0.15) is 0 Å². The Labute approximate surface area is 99.0 Å². The Morgan fingerprint density at radius 2 is 1.82 bits per heavy atom. The van der Waals surface area contributed by atoms with Gasteiger partial charge in [0.2, 0.25) is 0 Å². The van der Waals surface area contributed by atoms with Crippen molar-refractivity contribution in [3.63, 3.8) is 0 Å². The molecule has 2 N–H and O–H groups in total. The third-order valence-electron chi connectivity index (χ3n) is 2.71. The lowest BCUT2D eigenvalue weighted by Crippen LogP contribution is -1.92. The minimum absolute atomic E-state index is 0.379. The van der Waals surface area contributed by atoms with Crippen LogP contribution >= 0.6 is 0 Å². The predicted octanol–water partition coefficient (Wildman–Crippen LogP) is 2.90. The number of hydrogen-bond acceptors (Lipinski definition) is 2. The first-order valence-corrected chi connectivity index (χ1v) is 5.49. The molecule has 3 rings (SSSR count). The first-order chi connectivity index (χ1) is 8.38. The van der Waals surface area contributed by atoms with Crippen LogP contribution in [-0.4, -0.2) is 6.54 Å². The van der Waals surface area contributed by atoms with Crippen LogP contribution in [0.2, 0.25) is 0 Å². The molecular formula is C15H11NO.